The zero-order chi connectivity index (χ0) is 22.1. The molecule has 0 fully saturated rings. The van der Waals surface area contributed by atoms with Crippen LogP contribution in [0.3, 0.4) is 0 Å². The van der Waals surface area contributed by atoms with E-state index in [1.807, 2.05) is 54.6 Å². The molecule has 0 saturated heterocycles. The fraction of sp³-hybridized carbons (Fsp3) is 0.182. The largest absolute Gasteiger partial charge is 0.367 e. The average Bonchev–Trinajstić information content (AvgIpc) is 2.74. The number of hydrogen-bond donors (Lipinski definition) is 1. The normalized spacial score (nSPS) is 18.0. The maximum absolute atomic E-state index is 13.3. The number of nitrogens with two attached hydrogens (primary N) is 1. The van der Waals surface area contributed by atoms with E-state index in [2.05, 4.69) is 0 Å². The molecular weight excluding hydrogens is 436 g/mol. The van der Waals surface area contributed by atoms with Gasteiger partial charge in [0.2, 0.25) is 20.0 Å². The number of fused-ring (bicyclic) bond motifs is 1. The Morgan fingerprint density at radius 2 is 1.52 bits per heavy atom. The molecule has 3 aromatic rings. The summed E-state index contributed by atoms with van der Waals surface area (Å²) in [5.41, 5.74) is 2.71. The molecule has 3 aromatic carbocycles. The van der Waals surface area contributed by atoms with Crippen molar-refractivity contribution >= 4 is 20.0 Å². The zero-order valence-electron chi connectivity index (χ0n) is 16.6. The molecule has 1 unspecified atom stereocenters. The highest BCUT2D eigenvalue weighted by Crippen LogP contribution is 2.32. The van der Waals surface area contributed by atoms with Crippen molar-refractivity contribution in [2.75, 3.05) is 13.2 Å². The highest BCUT2D eigenvalue weighted by atomic mass is 32.2. The number of rotatable bonds is 4. The topological polar surface area (TPSA) is 107 Å². The van der Waals surface area contributed by atoms with Crippen molar-refractivity contribution in [2.45, 2.75) is 22.4 Å². The highest BCUT2D eigenvalue weighted by Gasteiger charge is 2.30. The fourth-order valence-electron chi connectivity index (χ4n) is 3.63. The van der Waals surface area contributed by atoms with E-state index >= 15 is 0 Å². The lowest BCUT2D eigenvalue weighted by Crippen LogP contribution is -2.36. The number of primary sulfonamides is 1. The molecule has 7 nitrogen and oxygen atoms in total. The first-order valence-corrected chi connectivity index (χ1v) is 12.6. The van der Waals surface area contributed by atoms with Crippen molar-refractivity contribution in [3.05, 3.63) is 95.6 Å². The zero-order valence-corrected chi connectivity index (χ0v) is 18.2. The molecule has 0 spiro atoms. The lowest BCUT2D eigenvalue weighted by Gasteiger charge is -2.30. The Balaban J connectivity index is 1.72. The molecule has 1 atom stereocenters. The van der Waals surface area contributed by atoms with Gasteiger partial charge in [-0.2, -0.15) is 4.31 Å². The molecule has 1 aliphatic rings. The molecule has 4 rings (SSSR count). The minimum atomic E-state index is -4.02. The van der Waals surface area contributed by atoms with E-state index in [0.29, 0.717) is 0 Å². The Kier molecular flexibility index (Phi) is 5.96. The molecule has 1 heterocycles. The minimum Gasteiger partial charge on any atom is -0.367 e. The Labute approximate surface area is 182 Å². The smallest absolute Gasteiger partial charge is 0.243 e. The van der Waals surface area contributed by atoms with E-state index in [0.717, 1.165) is 22.8 Å². The first kappa shape index (κ1) is 21.7. The monoisotopic (exact) mass is 458 g/mol. The van der Waals surface area contributed by atoms with Crippen molar-refractivity contribution in [3.63, 3.8) is 0 Å². The van der Waals surface area contributed by atoms with Gasteiger partial charge in [-0.25, -0.2) is 22.0 Å². The van der Waals surface area contributed by atoms with Crippen molar-refractivity contribution in [1.29, 1.82) is 0 Å². The highest BCUT2D eigenvalue weighted by molar-refractivity contribution is 7.90. The summed E-state index contributed by atoms with van der Waals surface area (Å²) in [7, 11) is -8.00. The standard InChI is InChI=1S/C22H22N2O5S2/c23-30(25,26)19-10-6-11-20(15-19)31(27,28)24-13-14-29-22(17-7-2-1-3-8-17)21-12-5-4-9-18(21)16-24/h1-12,15,22H,13-14,16H2,(H2,23,25,26). The molecule has 0 aliphatic carbocycles. The van der Waals surface area contributed by atoms with Gasteiger partial charge >= 0.3 is 0 Å². The van der Waals surface area contributed by atoms with Crippen LogP contribution in [0.5, 0.6) is 0 Å². The molecule has 0 amide bonds. The van der Waals surface area contributed by atoms with Gasteiger partial charge in [0.05, 0.1) is 16.4 Å². The van der Waals surface area contributed by atoms with Crippen molar-refractivity contribution < 1.29 is 21.6 Å². The van der Waals surface area contributed by atoms with Crippen LogP contribution >= 0.6 is 0 Å². The molecule has 1 aliphatic heterocycles. The third kappa shape index (κ3) is 4.56. The van der Waals surface area contributed by atoms with E-state index in [9.17, 15) is 16.8 Å². The predicted octanol–water partition coefficient (Wildman–Crippen LogP) is 2.64. The summed E-state index contributed by atoms with van der Waals surface area (Å²) < 4.78 is 57.4. The van der Waals surface area contributed by atoms with E-state index in [1.54, 1.807) is 0 Å². The van der Waals surface area contributed by atoms with Gasteiger partial charge < -0.3 is 4.74 Å². The lowest BCUT2D eigenvalue weighted by molar-refractivity contribution is 0.0650. The van der Waals surface area contributed by atoms with Gasteiger partial charge in [-0.3, -0.25) is 0 Å². The van der Waals surface area contributed by atoms with Crippen molar-refractivity contribution in [3.8, 4) is 0 Å². The molecule has 0 aromatic heterocycles. The quantitative estimate of drug-likeness (QED) is 0.647. The third-order valence-electron chi connectivity index (χ3n) is 5.18. The molecule has 0 bridgehead atoms. The van der Waals surface area contributed by atoms with Crippen LogP contribution in [0.1, 0.15) is 22.8 Å². The van der Waals surface area contributed by atoms with Crippen LogP contribution in [0.2, 0.25) is 0 Å². The van der Waals surface area contributed by atoms with Crippen molar-refractivity contribution in [2.24, 2.45) is 5.14 Å². The summed E-state index contributed by atoms with van der Waals surface area (Å²) in [6.45, 7) is 0.451. The van der Waals surface area contributed by atoms with Gasteiger partial charge in [-0.15, -0.1) is 0 Å². The van der Waals surface area contributed by atoms with Gasteiger partial charge in [0, 0.05) is 13.1 Å². The van der Waals surface area contributed by atoms with E-state index in [-0.39, 0.29) is 35.6 Å². The molecule has 0 radical (unpaired) electrons. The van der Waals surface area contributed by atoms with Gasteiger partial charge in [0.25, 0.3) is 0 Å². The number of hydrogen-bond acceptors (Lipinski definition) is 5. The molecule has 0 saturated carbocycles. The third-order valence-corrected chi connectivity index (χ3v) is 7.94. The van der Waals surface area contributed by atoms with Gasteiger partial charge in [0.1, 0.15) is 6.10 Å². The Morgan fingerprint density at radius 3 is 2.26 bits per heavy atom. The fourth-order valence-corrected chi connectivity index (χ4v) is 5.72. The van der Waals surface area contributed by atoms with Crippen molar-refractivity contribution in [1.82, 2.24) is 4.31 Å². The predicted molar refractivity (Wildman–Crippen MR) is 116 cm³/mol. The maximum atomic E-state index is 13.3. The number of nitrogens with zero attached hydrogens (tertiary/aromatic N) is 1. The molecule has 2 N–H and O–H groups in total. The van der Waals surface area contributed by atoms with Crippen LogP contribution in [-0.2, 0) is 31.3 Å². The summed E-state index contributed by atoms with van der Waals surface area (Å²) in [6, 6.07) is 22.4. The Hall–Kier alpha value is -2.56. The van der Waals surface area contributed by atoms with Crippen LogP contribution in [0.25, 0.3) is 0 Å². The molecule has 162 valence electrons. The van der Waals surface area contributed by atoms with Gasteiger partial charge in [-0.05, 0) is 34.9 Å². The van der Waals surface area contributed by atoms with E-state index in [1.165, 1.54) is 22.5 Å². The second kappa shape index (κ2) is 8.52. The summed E-state index contributed by atoms with van der Waals surface area (Å²) in [5.74, 6) is 0. The molecular formula is C22H22N2O5S2. The molecule has 9 heteroatoms. The second-order valence-electron chi connectivity index (χ2n) is 7.22. The van der Waals surface area contributed by atoms with E-state index in [4.69, 9.17) is 9.88 Å². The Bertz CT molecular complexity index is 1290. The second-order valence-corrected chi connectivity index (χ2v) is 10.7. The summed E-state index contributed by atoms with van der Waals surface area (Å²) in [5, 5.41) is 5.17. The number of benzene rings is 3. The van der Waals surface area contributed by atoms with Gasteiger partial charge in [-0.1, -0.05) is 60.7 Å². The summed E-state index contributed by atoms with van der Waals surface area (Å²) in [6.07, 6.45) is -0.298. The maximum Gasteiger partial charge on any atom is 0.243 e. The van der Waals surface area contributed by atoms with E-state index < -0.39 is 20.0 Å². The van der Waals surface area contributed by atoms with Crippen LogP contribution < -0.4 is 5.14 Å². The minimum absolute atomic E-state index is 0.125. The first-order chi connectivity index (χ1) is 14.8. The summed E-state index contributed by atoms with van der Waals surface area (Å²) >= 11 is 0. The van der Waals surface area contributed by atoms with Crippen LogP contribution in [0.15, 0.2) is 88.7 Å². The Morgan fingerprint density at radius 1 is 0.839 bits per heavy atom. The van der Waals surface area contributed by atoms with Crippen LogP contribution in [-0.4, -0.2) is 34.3 Å². The number of ether oxygens (including phenoxy) is 1. The van der Waals surface area contributed by atoms with Gasteiger partial charge in [0.15, 0.2) is 0 Å². The SMILES string of the molecule is NS(=O)(=O)c1cccc(S(=O)(=O)N2CCOC(c3ccccc3)c3ccccc3C2)c1. The lowest BCUT2D eigenvalue weighted by atomic mass is 9.96. The van der Waals surface area contributed by atoms with Crippen LogP contribution in [0.4, 0.5) is 0 Å². The summed E-state index contributed by atoms with van der Waals surface area (Å²) in [4.78, 5) is -0.377. The average molecular weight is 459 g/mol. The molecule has 31 heavy (non-hydrogen) atoms. The first-order valence-electron chi connectivity index (χ1n) is 9.64. The number of sulfonamides is 2. The van der Waals surface area contributed by atoms with Crippen LogP contribution in [0, 0.1) is 0 Å².